The first-order valence-corrected chi connectivity index (χ1v) is 13.8. The summed E-state index contributed by atoms with van der Waals surface area (Å²) in [4.78, 5) is 8.95. The van der Waals surface area contributed by atoms with E-state index in [1.807, 2.05) is 59.4 Å². The first kappa shape index (κ1) is 26.6. The molecule has 0 radical (unpaired) electrons. The number of nitrogens with zero attached hydrogens (tertiary/aromatic N) is 3. The molecule has 8 nitrogen and oxygen atoms in total. The van der Waals surface area contributed by atoms with Gasteiger partial charge in [0.2, 0.25) is 0 Å². The summed E-state index contributed by atoms with van der Waals surface area (Å²) in [6.45, 7) is 1.58. The standard InChI is InChI=1S/C32H32FN7O/c33-25-3-1-2-21(12-25)16-36-30-9-7-27(13-24(30)15-34)39-32-29-14-22(4-8-31(29)37-20-38-32)23-10-11-40(18-23)19-28(41)17-35-26-5-6-26/h1-4,7-15,18,20,26,28,34-36,41H,5-6,16-17,19H2,(H,37,38,39). The number of rotatable bonds is 12. The minimum absolute atomic E-state index is 0.274. The number of benzene rings is 3. The van der Waals surface area contributed by atoms with Crippen LogP contribution in [0, 0.1) is 11.2 Å². The second kappa shape index (κ2) is 11.9. The van der Waals surface area contributed by atoms with Crippen molar-refractivity contribution in [2.24, 2.45) is 0 Å². The summed E-state index contributed by atoms with van der Waals surface area (Å²) in [5.74, 6) is 0.388. The van der Waals surface area contributed by atoms with E-state index in [2.05, 4.69) is 32.0 Å². The molecule has 3 aromatic carbocycles. The molecule has 1 aliphatic carbocycles. The van der Waals surface area contributed by atoms with Gasteiger partial charge in [-0.3, -0.25) is 0 Å². The van der Waals surface area contributed by atoms with Gasteiger partial charge in [0.1, 0.15) is 18.0 Å². The average molecular weight is 550 g/mol. The van der Waals surface area contributed by atoms with Crippen LogP contribution in [0.2, 0.25) is 0 Å². The molecule has 1 aliphatic rings. The van der Waals surface area contributed by atoms with Crippen LogP contribution in [-0.4, -0.2) is 44.5 Å². The summed E-state index contributed by atoms with van der Waals surface area (Å²) < 4.78 is 15.5. The van der Waals surface area contributed by atoms with E-state index >= 15 is 0 Å². The number of fused-ring (bicyclic) bond motifs is 1. The molecule has 5 N–H and O–H groups in total. The Balaban J connectivity index is 1.18. The summed E-state index contributed by atoms with van der Waals surface area (Å²) in [5, 5.41) is 29.2. The molecular weight excluding hydrogens is 517 g/mol. The summed E-state index contributed by atoms with van der Waals surface area (Å²) in [5.41, 5.74) is 5.96. The molecule has 1 atom stereocenters. The molecule has 1 unspecified atom stereocenters. The normalized spacial score (nSPS) is 13.7. The Labute approximate surface area is 237 Å². The van der Waals surface area contributed by atoms with E-state index in [9.17, 15) is 9.50 Å². The van der Waals surface area contributed by atoms with Crippen molar-refractivity contribution in [2.45, 2.75) is 38.1 Å². The highest BCUT2D eigenvalue weighted by molar-refractivity contribution is 5.94. The highest BCUT2D eigenvalue weighted by atomic mass is 19.1. The second-order valence-electron chi connectivity index (χ2n) is 10.4. The first-order chi connectivity index (χ1) is 20.0. The molecule has 208 valence electrons. The summed E-state index contributed by atoms with van der Waals surface area (Å²) in [6, 6.07) is 20.8. The van der Waals surface area contributed by atoms with Gasteiger partial charge in [0.05, 0.1) is 11.6 Å². The lowest BCUT2D eigenvalue weighted by Crippen LogP contribution is -2.31. The summed E-state index contributed by atoms with van der Waals surface area (Å²) >= 11 is 0. The molecule has 6 rings (SSSR count). The fourth-order valence-electron chi connectivity index (χ4n) is 4.86. The van der Waals surface area contributed by atoms with Crippen molar-refractivity contribution in [3.63, 3.8) is 0 Å². The average Bonchev–Trinajstić information content (AvgIpc) is 3.71. The SMILES string of the molecule is N=Cc1cc(Nc2ncnc3ccc(-c4ccn(CC(O)CNC5CC5)c4)cc23)ccc1NCc1cccc(F)c1. The Morgan fingerprint density at radius 3 is 2.78 bits per heavy atom. The maximum absolute atomic E-state index is 13.5. The molecule has 41 heavy (non-hydrogen) atoms. The van der Waals surface area contributed by atoms with Gasteiger partial charge in [-0.1, -0.05) is 18.2 Å². The minimum Gasteiger partial charge on any atom is -0.390 e. The van der Waals surface area contributed by atoms with E-state index in [-0.39, 0.29) is 5.82 Å². The predicted molar refractivity (Wildman–Crippen MR) is 161 cm³/mol. The molecule has 0 saturated heterocycles. The van der Waals surface area contributed by atoms with Crippen LogP contribution in [0.15, 0.2) is 85.5 Å². The fourth-order valence-corrected chi connectivity index (χ4v) is 4.86. The molecule has 0 spiro atoms. The molecule has 2 aromatic heterocycles. The molecule has 9 heteroatoms. The van der Waals surface area contributed by atoms with Crippen molar-refractivity contribution in [1.82, 2.24) is 19.9 Å². The van der Waals surface area contributed by atoms with Gasteiger partial charge in [-0.2, -0.15) is 0 Å². The lowest BCUT2D eigenvalue weighted by Gasteiger charge is -2.14. The van der Waals surface area contributed by atoms with E-state index in [1.54, 1.807) is 6.07 Å². The number of aliphatic hydroxyl groups is 1. The van der Waals surface area contributed by atoms with Gasteiger partial charge in [-0.25, -0.2) is 14.4 Å². The van der Waals surface area contributed by atoms with Crippen LogP contribution in [0.1, 0.15) is 24.0 Å². The van der Waals surface area contributed by atoms with E-state index in [1.165, 1.54) is 37.5 Å². The smallest absolute Gasteiger partial charge is 0.141 e. The number of anilines is 3. The lowest BCUT2D eigenvalue weighted by atomic mass is 10.1. The molecule has 5 aromatic rings. The molecule has 1 fully saturated rings. The number of aliphatic hydroxyl groups excluding tert-OH is 1. The second-order valence-corrected chi connectivity index (χ2v) is 10.4. The van der Waals surface area contributed by atoms with Crippen molar-refractivity contribution in [3.05, 3.63) is 102 Å². The third kappa shape index (κ3) is 6.59. The van der Waals surface area contributed by atoms with Crippen molar-refractivity contribution < 1.29 is 9.50 Å². The van der Waals surface area contributed by atoms with Crippen LogP contribution in [0.25, 0.3) is 22.0 Å². The molecule has 0 amide bonds. The predicted octanol–water partition coefficient (Wildman–Crippen LogP) is 5.70. The highest BCUT2D eigenvalue weighted by Gasteiger charge is 2.21. The van der Waals surface area contributed by atoms with Crippen LogP contribution in [-0.2, 0) is 13.1 Å². The number of halogens is 1. The van der Waals surface area contributed by atoms with Gasteiger partial charge < -0.3 is 31.0 Å². The largest absolute Gasteiger partial charge is 0.390 e. The van der Waals surface area contributed by atoms with Gasteiger partial charge in [-0.15, -0.1) is 0 Å². The number of aromatic nitrogens is 3. The molecule has 0 bridgehead atoms. The van der Waals surface area contributed by atoms with Crippen molar-refractivity contribution in [3.8, 4) is 11.1 Å². The maximum Gasteiger partial charge on any atom is 0.141 e. The van der Waals surface area contributed by atoms with Crippen molar-refractivity contribution in [1.29, 1.82) is 5.41 Å². The monoisotopic (exact) mass is 549 g/mol. The van der Waals surface area contributed by atoms with E-state index in [0.717, 1.165) is 39.0 Å². The van der Waals surface area contributed by atoms with Gasteiger partial charge >= 0.3 is 0 Å². The Morgan fingerprint density at radius 1 is 1.05 bits per heavy atom. The number of hydrogen-bond donors (Lipinski definition) is 5. The maximum atomic E-state index is 13.5. The molecule has 0 aliphatic heterocycles. The third-order valence-corrected chi connectivity index (χ3v) is 7.20. The topological polar surface area (TPSA) is 111 Å². The van der Waals surface area contributed by atoms with Gasteiger partial charge in [-0.05, 0) is 78.1 Å². The van der Waals surface area contributed by atoms with E-state index in [4.69, 9.17) is 5.41 Å². The Hall–Kier alpha value is -4.60. The number of hydrogen-bond acceptors (Lipinski definition) is 7. The molecule has 2 heterocycles. The van der Waals surface area contributed by atoms with Gasteiger partial charge in [0.15, 0.2) is 0 Å². The fraction of sp³-hybridized carbons (Fsp3) is 0.219. The van der Waals surface area contributed by atoms with Gasteiger partial charge in [0, 0.05) is 66.6 Å². The van der Waals surface area contributed by atoms with Crippen molar-refractivity contribution in [2.75, 3.05) is 17.2 Å². The van der Waals surface area contributed by atoms with Crippen LogP contribution in [0.3, 0.4) is 0 Å². The number of nitrogens with one attached hydrogen (secondary N) is 4. The van der Waals surface area contributed by atoms with Crippen LogP contribution in [0.4, 0.5) is 21.6 Å². The zero-order valence-electron chi connectivity index (χ0n) is 22.5. The van der Waals surface area contributed by atoms with E-state index < -0.39 is 6.10 Å². The van der Waals surface area contributed by atoms with Gasteiger partial charge in [0.25, 0.3) is 0 Å². The van der Waals surface area contributed by atoms with Crippen molar-refractivity contribution >= 4 is 34.3 Å². The highest BCUT2D eigenvalue weighted by Crippen LogP contribution is 2.30. The summed E-state index contributed by atoms with van der Waals surface area (Å²) in [6.07, 6.45) is 8.82. The van der Waals surface area contributed by atoms with Crippen LogP contribution < -0.4 is 16.0 Å². The Morgan fingerprint density at radius 2 is 1.95 bits per heavy atom. The first-order valence-electron chi connectivity index (χ1n) is 13.8. The Kier molecular flexibility index (Phi) is 7.71. The molecular formula is C32H32FN7O. The van der Waals surface area contributed by atoms with E-state index in [0.29, 0.717) is 37.1 Å². The Bertz CT molecular complexity index is 1680. The minimum atomic E-state index is -0.439. The lowest BCUT2D eigenvalue weighted by molar-refractivity contribution is 0.151. The van der Waals surface area contributed by atoms with Crippen LogP contribution >= 0.6 is 0 Å². The zero-order valence-corrected chi connectivity index (χ0v) is 22.5. The quantitative estimate of drug-likeness (QED) is 0.128. The molecule has 1 saturated carbocycles. The van der Waals surface area contributed by atoms with Crippen LogP contribution in [0.5, 0.6) is 0 Å². The zero-order chi connectivity index (χ0) is 28.2. The summed E-state index contributed by atoms with van der Waals surface area (Å²) in [7, 11) is 0. The third-order valence-electron chi connectivity index (χ3n) is 7.20.